The molecule has 0 aliphatic carbocycles. The molecule has 0 aliphatic rings. The maximum Gasteiger partial charge on any atom is 0.307 e. The zero-order chi connectivity index (χ0) is 13.6. The average Bonchev–Trinajstić information content (AvgIpc) is 2.24. The van der Waals surface area contributed by atoms with Crippen molar-refractivity contribution in [3.8, 4) is 0 Å². The molecule has 0 unspecified atom stereocenters. The first kappa shape index (κ1) is 14.6. The van der Waals surface area contributed by atoms with Gasteiger partial charge in [0, 0.05) is 25.5 Å². The maximum absolute atomic E-state index is 11.4. The first-order valence-corrected chi connectivity index (χ1v) is 6.07. The van der Waals surface area contributed by atoms with E-state index in [2.05, 4.69) is 15.3 Å². The SMILES string of the molecule is Cc1cnc(CNCCC(=O)OC(C)(C)C)cn1. The van der Waals surface area contributed by atoms with Gasteiger partial charge < -0.3 is 10.1 Å². The van der Waals surface area contributed by atoms with Gasteiger partial charge in [-0.05, 0) is 27.7 Å². The summed E-state index contributed by atoms with van der Waals surface area (Å²) in [5.41, 5.74) is 1.34. The van der Waals surface area contributed by atoms with E-state index in [4.69, 9.17) is 4.74 Å². The Bertz CT molecular complexity index is 382. The molecule has 1 aromatic heterocycles. The van der Waals surface area contributed by atoms with Gasteiger partial charge in [-0.15, -0.1) is 0 Å². The summed E-state index contributed by atoms with van der Waals surface area (Å²) in [6.07, 6.45) is 3.82. The van der Waals surface area contributed by atoms with E-state index in [1.54, 1.807) is 12.4 Å². The van der Waals surface area contributed by atoms with E-state index >= 15 is 0 Å². The summed E-state index contributed by atoms with van der Waals surface area (Å²) in [4.78, 5) is 19.8. The van der Waals surface area contributed by atoms with E-state index in [1.165, 1.54) is 0 Å². The minimum Gasteiger partial charge on any atom is -0.460 e. The number of carbonyl (C=O) groups is 1. The van der Waals surface area contributed by atoms with Crippen molar-refractivity contribution >= 4 is 5.97 Å². The van der Waals surface area contributed by atoms with Gasteiger partial charge in [0.1, 0.15) is 5.60 Å². The highest BCUT2D eigenvalue weighted by Gasteiger charge is 2.15. The smallest absolute Gasteiger partial charge is 0.307 e. The van der Waals surface area contributed by atoms with E-state index in [9.17, 15) is 4.79 Å². The molecular formula is C13H21N3O2. The minimum atomic E-state index is -0.417. The number of ether oxygens (including phenoxy) is 1. The van der Waals surface area contributed by atoms with Crippen molar-refractivity contribution in [1.82, 2.24) is 15.3 Å². The van der Waals surface area contributed by atoms with Crippen LogP contribution in [-0.2, 0) is 16.1 Å². The molecule has 0 atom stereocenters. The number of esters is 1. The second-order valence-corrected chi connectivity index (χ2v) is 5.16. The number of nitrogens with zero attached hydrogens (tertiary/aromatic N) is 2. The van der Waals surface area contributed by atoms with Crippen LogP contribution < -0.4 is 5.32 Å². The lowest BCUT2D eigenvalue weighted by Gasteiger charge is -2.19. The van der Waals surface area contributed by atoms with Crippen LogP contribution in [0.2, 0.25) is 0 Å². The van der Waals surface area contributed by atoms with Crippen molar-refractivity contribution in [3.05, 3.63) is 23.8 Å². The lowest BCUT2D eigenvalue weighted by Crippen LogP contribution is -2.26. The Morgan fingerprint density at radius 2 is 2.06 bits per heavy atom. The maximum atomic E-state index is 11.4. The zero-order valence-corrected chi connectivity index (χ0v) is 11.5. The lowest BCUT2D eigenvalue weighted by molar-refractivity contribution is -0.154. The second kappa shape index (κ2) is 6.44. The number of carbonyl (C=O) groups excluding carboxylic acids is 1. The topological polar surface area (TPSA) is 64.1 Å². The molecule has 1 heterocycles. The van der Waals surface area contributed by atoms with Crippen molar-refractivity contribution in [2.75, 3.05) is 6.54 Å². The summed E-state index contributed by atoms with van der Waals surface area (Å²) in [6.45, 7) is 8.66. The van der Waals surface area contributed by atoms with Crippen molar-refractivity contribution in [3.63, 3.8) is 0 Å². The van der Waals surface area contributed by atoms with Crippen LogP contribution in [0.4, 0.5) is 0 Å². The number of nitrogens with one attached hydrogen (secondary N) is 1. The molecule has 5 nitrogen and oxygen atoms in total. The Morgan fingerprint density at radius 1 is 1.33 bits per heavy atom. The predicted octanol–water partition coefficient (Wildman–Crippen LogP) is 1.61. The number of aromatic nitrogens is 2. The van der Waals surface area contributed by atoms with Crippen molar-refractivity contribution < 1.29 is 9.53 Å². The van der Waals surface area contributed by atoms with Gasteiger partial charge in [-0.2, -0.15) is 0 Å². The van der Waals surface area contributed by atoms with Crippen LogP contribution in [0.25, 0.3) is 0 Å². The number of hydrogen-bond donors (Lipinski definition) is 1. The number of hydrogen-bond acceptors (Lipinski definition) is 5. The van der Waals surface area contributed by atoms with Gasteiger partial charge in [-0.1, -0.05) is 0 Å². The molecule has 0 amide bonds. The summed E-state index contributed by atoms with van der Waals surface area (Å²) < 4.78 is 5.20. The molecule has 0 aliphatic heterocycles. The van der Waals surface area contributed by atoms with Gasteiger partial charge in [-0.25, -0.2) is 0 Å². The fourth-order valence-corrected chi connectivity index (χ4v) is 1.31. The monoisotopic (exact) mass is 251 g/mol. The van der Waals surface area contributed by atoms with Gasteiger partial charge in [0.05, 0.1) is 17.8 Å². The summed E-state index contributed by atoms with van der Waals surface area (Å²) in [7, 11) is 0. The highest BCUT2D eigenvalue weighted by molar-refractivity contribution is 5.70. The van der Waals surface area contributed by atoms with Gasteiger partial charge in [-0.3, -0.25) is 14.8 Å². The van der Waals surface area contributed by atoms with Crippen LogP contribution >= 0.6 is 0 Å². The molecule has 0 fully saturated rings. The standard InChI is InChI=1S/C13H21N3O2/c1-10-7-16-11(9-15-10)8-14-6-5-12(17)18-13(2,3)4/h7,9,14H,5-6,8H2,1-4H3. The Morgan fingerprint density at radius 3 is 2.61 bits per heavy atom. The molecule has 0 saturated heterocycles. The first-order chi connectivity index (χ1) is 8.37. The molecular weight excluding hydrogens is 230 g/mol. The van der Waals surface area contributed by atoms with Crippen LogP contribution in [0.3, 0.4) is 0 Å². The van der Waals surface area contributed by atoms with E-state index in [-0.39, 0.29) is 5.97 Å². The number of rotatable bonds is 5. The largest absolute Gasteiger partial charge is 0.460 e. The third-order valence-electron chi connectivity index (χ3n) is 2.07. The van der Waals surface area contributed by atoms with Gasteiger partial charge >= 0.3 is 5.97 Å². The molecule has 0 saturated carbocycles. The molecule has 0 aromatic carbocycles. The van der Waals surface area contributed by atoms with Crippen molar-refractivity contribution in [2.24, 2.45) is 0 Å². The number of aryl methyl sites for hydroxylation is 1. The Labute approximate surface area is 108 Å². The van der Waals surface area contributed by atoms with Crippen molar-refractivity contribution in [2.45, 2.75) is 46.3 Å². The molecule has 5 heteroatoms. The van der Waals surface area contributed by atoms with E-state index in [1.807, 2.05) is 27.7 Å². The first-order valence-electron chi connectivity index (χ1n) is 6.07. The van der Waals surface area contributed by atoms with E-state index in [0.29, 0.717) is 19.5 Å². The van der Waals surface area contributed by atoms with Gasteiger partial charge in [0.25, 0.3) is 0 Å². The predicted molar refractivity (Wildman–Crippen MR) is 68.9 cm³/mol. The van der Waals surface area contributed by atoms with Crippen LogP contribution in [0.1, 0.15) is 38.6 Å². The van der Waals surface area contributed by atoms with Gasteiger partial charge in [0.2, 0.25) is 0 Å². The lowest BCUT2D eigenvalue weighted by atomic mass is 10.2. The van der Waals surface area contributed by atoms with E-state index in [0.717, 1.165) is 11.4 Å². The summed E-state index contributed by atoms with van der Waals surface area (Å²) >= 11 is 0. The highest BCUT2D eigenvalue weighted by atomic mass is 16.6. The zero-order valence-electron chi connectivity index (χ0n) is 11.5. The quantitative estimate of drug-likeness (QED) is 0.636. The Hall–Kier alpha value is -1.49. The minimum absolute atomic E-state index is 0.190. The van der Waals surface area contributed by atoms with Gasteiger partial charge in [0.15, 0.2) is 0 Å². The molecule has 100 valence electrons. The highest BCUT2D eigenvalue weighted by Crippen LogP contribution is 2.07. The average molecular weight is 251 g/mol. The Balaban J connectivity index is 2.19. The molecule has 18 heavy (non-hydrogen) atoms. The molecule has 1 N–H and O–H groups in total. The third-order valence-corrected chi connectivity index (χ3v) is 2.07. The molecule has 1 rings (SSSR count). The molecule has 0 radical (unpaired) electrons. The molecule has 0 spiro atoms. The van der Waals surface area contributed by atoms with E-state index < -0.39 is 5.60 Å². The summed E-state index contributed by atoms with van der Waals surface area (Å²) in [6, 6.07) is 0. The normalized spacial score (nSPS) is 11.3. The fraction of sp³-hybridized carbons (Fsp3) is 0.615. The molecule has 0 bridgehead atoms. The van der Waals surface area contributed by atoms with Crippen LogP contribution in [0, 0.1) is 6.92 Å². The van der Waals surface area contributed by atoms with Crippen molar-refractivity contribution in [1.29, 1.82) is 0 Å². The van der Waals surface area contributed by atoms with Crippen LogP contribution in [0.5, 0.6) is 0 Å². The third kappa shape index (κ3) is 6.30. The van der Waals surface area contributed by atoms with Crippen LogP contribution in [-0.4, -0.2) is 28.1 Å². The molecule has 1 aromatic rings. The fourth-order valence-electron chi connectivity index (χ4n) is 1.31. The summed E-state index contributed by atoms with van der Waals surface area (Å²) in [5, 5.41) is 3.13. The second-order valence-electron chi connectivity index (χ2n) is 5.16. The Kier molecular flexibility index (Phi) is 5.22. The summed E-state index contributed by atoms with van der Waals surface area (Å²) in [5.74, 6) is -0.190. The van der Waals surface area contributed by atoms with Crippen LogP contribution in [0.15, 0.2) is 12.4 Å².